The Hall–Kier alpha value is -1.02. The molecule has 0 bridgehead atoms. The number of nitrogens with two attached hydrogens (primary N) is 1. The van der Waals surface area contributed by atoms with Crippen molar-refractivity contribution in [3.63, 3.8) is 0 Å². The summed E-state index contributed by atoms with van der Waals surface area (Å²) in [6.45, 7) is 6.59. The molecule has 2 nitrogen and oxygen atoms in total. The molecule has 1 aliphatic heterocycles. The van der Waals surface area contributed by atoms with E-state index in [9.17, 15) is 0 Å². The van der Waals surface area contributed by atoms with Gasteiger partial charge in [-0.1, -0.05) is 26.0 Å². The van der Waals surface area contributed by atoms with E-state index in [0.29, 0.717) is 5.41 Å². The number of hydrogen-bond acceptors (Lipinski definition) is 2. The van der Waals surface area contributed by atoms with Crippen LogP contribution in [0, 0.1) is 5.41 Å². The van der Waals surface area contributed by atoms with Crippen LogP contribution in [-0.2, 0) is 11.8 Å². The first-order valence-corrected chi connectivity index (χ1v) is 6.55. The summed E-state index contributed by atoms with van der Waals surface area (Å²) in [5.41, 5.74) is 11.0. The van der Waals surface area contributed by atoms with E-state index < -0.39 is 0 Å². The van der Waals surface area contributed by atoms with Gasteiger partial charge in [-0.2, -0.15) is 0 Å². The Kier molecular flexibility index (Phi) is 2.13. The SMILES string of the molecule is CN1CCc2cc(C3(CN)CC3(C)C)ccc21. The molecule has 1 aromatic carbocycles. The van der Waals surface area contributed by atoms with Crippen LogP contribution in [0.2, 0.25) is 0 Å². The van der Waals surface area contributed by atoms with Crippen molar-refractivity contribution in [2.45, 2.75) is 32.1 Å². The maximum Gasteiger partial charge on any atom is 0.0397 e. The highest BCUT2D eigenvalue weighted by Gasteiger charge is 2.60. The molecule has 17 heavy (non-hydrogen) atoms. The first kappa shape index (κ1) is 11.1. The van der Waals surface area contributed by atoms with Gasteiger partial charge in [0.1, 0.15) is 0 Å². The molecule has 0 spiro atoms. The Labute approximate surface area is 104 Å². The van der Waals surface area contributed by atoms with E-state index in [1.165, 1.54) is 29.7 Å². The molecule has 3 rings (SSSR count). The normalized spacial score (nSPS) is 29.3. The second-order valence-electron chi connectivity index (χ2n) is 6.36. The van der Waals surface area contributed by atoms with E-state index >= 15 is 0 Å². The first-order chi connectivity index (χ1) is 8.00. The van der Waals surface area contributed by atoms with Gasteiger partial charge in [0, 0.05) is 31.2 Å². The molecular weight excluding hydrogens is 208 g/mol. The maximum absolute atomic E-state index is 6.04. The molecule has 1 atom stereocenters. The summed E-state index contributed by atoms with van der Waals surface area (Å²) in [4.78, 5) is 2.34. The fourth-order valence-electron chi connectivity index (χ4n) is 3.53. The molecule has 0 aromatic heterocycles. The molecule has 0 amide bonds. The highest BCUT2D eigenvalue weighted by Crippen LogP contribution is 2.63. The van der Waals surface area contributed by atoms with Gasteiger partial charge < -0.3 is 10.6 Å². The van der Waals surface area contributed by atoms with Crippen molar-refractivity contribution in [2.75, 3.05) is 25.0 Å². The third kappa shape index (κ3) is 1.37. The fraction of sp³-hybridized carbons (Fsp3) is 0.600. The Morgan fingerprint density at radius 3 is 2.65 bits per heavy atom. The summed E-state index contributed by atoms with van der Waals surface area (Å²) in [6, 6.07) is 6.98. The molecule has 1 aliphatic carbocycles. The third-order valence-electron chi connectivity index (χ3n) is 5.02. The number of nitrogens with zero attached hydrogens (tertiary/aromatic N) is 1. The standard InChI is InChI=1S/C15H22N2/c1-14(2)9-15(14,10-16)12-4-5-13-11(8-12)6-7-17(13)3/h4-5,8H,6-7,9-10,16H2,1-3H3. The quantitative estimate of drug-likeness (QED) is 0.844. The van der Waals surface area contributed by atoms with E-state index in [2.05, 4.69) is 44.0 Å². The zero-order chi connectivity index (χ0) is 12.3. The minimum Gasteiger partial charge on any atom is -0.374 e. The lowest BCUT2D eigenvalue weighted by Gasteiger charge is -2.20. The highest BCUT2D eigenvalue weighted by atomic mass is 15.1. The van der Waals surface area contributed by atoms with Gasteiger partial charge >= 0.3 is 0 Å². The zero-order valence-corrected chi connectivity index (χ0v) is 11.1. The smallest absolute Gasteiger partial charge is 0.0397 e. The van der Waals surface area contributed by atoms with Crippen LogP contribution in [0.25, 0.3) is 0 Å². The summed E-state index contributed by atoms with van der Waals surface area (Å²) >= 11 is 0. The lowest BCUT2D eigenvalue weighted by molar-refractivity contribution is 0.503. The number of rotatable bonds is 2. The Morgan fingerprint density at radius 1 is 1.35 bits per heavy atom. The van der Waals surface area contributed by atoms with Crippen molar-refractivity contribution in [3.8, 4) is 0 Å². The fourth-order valence-corrected chi connectivity index (χ4v) is 3.53. The van der Waals surface area contributed by atoms with Gasteiger partial charge in [-0.25, -0.2) is 0 Å². The molecule has 2 N–H and O–H groups in total. The molecule has 0 radical (unpaired) electrons. The Bertz CT molecular complexity index is 464. The van der Waals surface area contributed by atoms with Gasteiger partial charge in [-0.3, -0.25) is 0 Å². The molecule has 2 heteroatoms. The molecular formula is C15H22N2. The van der Waals surface area contributed by atoms with Crippen molar-refractivity contribution < 1.29 is 0 Å². The summed E-state index contributed by atoms with van der Waals surface area (Å²) < 4.78 is 0. The van der Waals surface area contributed by atoms with E-state index in [-0.39, 0.29) is 5.41 Å². The van der Waals surface area contributed by atoms with E-state index in [4.69, 9.17) is 5.73 Å². The van der Waals surface area contributed by atoms with Gasteiger partial charge in [-0.15, -0.1) is 0 Å². The Morgan fingerprint density at radius 2 is 2.06 bits per heavy atom. The molecule has 1 aromatic rings. The summed E-state index contributed by atoms with van der Waals surface area (Å²) in [7, 11) is 2.17. The summed E-state index contributed by atoms with van der Waals surface area (Å²) in [5.74, 6) is 0. The third-order valence-corrected chi connectivity index (χ3v) is 5.02. The minimum absolute atomic E-state index is 0.239. The van der Waals surface area contributed by atoms with Crippen molar-refractivity contribution in [2.24, 2.45) is 11.1 Å². The molecule has 0 saturated heterocycles. The van der Waals surface area contributed by atoms with Crippen LogP contribution >= 0.6 is 0 Å². The molecule has 1 fully saturated rings. The van der Waals surface area contributed by atoms with Crippen LogP contribution in [0.1, 0.15) is 31.4 Å². The second-order valence-corrected chi connectivity index (χ2v) is 6.36. The molecule has 2 aliphatic rings. The van der Waals surface area contributed by atoms with Gasteiger partial charge in [0.05, 0.1) is 0 Å². The van der Waals surface area contributed by atoms with Gasteiger partial charge in [-0.05, 0) is 35.4 Å². The molecule has 1 unspecified atom stereocenters. The van der Waals surface area contributed by atoms with Crippen LogP contribution in [0.4, 0.5) is 5.69 Å². The number of anilines is 1. The highest BCUT2D eigenvalue weighted by molar-refractivity contribution is 5.60. The van der Waals surface area contributed by atoms with Crippen LogP contribution in [0.5, 0.6) is 0 Å². The lowest BCUT2D eigenvalue weighted by Crippen LogP contribution is -2.25. The van der Waals surface area contributed by atoms with E-state index in [1.54, 1.807) is 0 Å². The molecule has 92 valence electrons. The number of hydrogen-bond donors (Lipinski definition) is 1. The number of benzene rings is 1. The minimum atomic E-state index is 0.239. The summed E-state index contributed by atoms with van der Waals surface area (Å²) in [6.07, 6.45) is 2.41. The number of fused-ring (bicyclic) bond motifs is 1. The predicted octanol–water partition coefficient (Wildman–Crippen LogP) is 2.31. The monoisotopic (exact) mass is 230 g/mol. The van der Waals surface area contributed by atoms with Crippen LogP contribution in [-0.4, -0.2) is 20.1 Å². The predicted molar refractivity (Wildman–Crippen MR) is 72.5 cm³/mol. The topological polar surface area (TPSA) is 29.3 Å². The number of likely N-dealkylation sites (N-methyl/N-ethyl adjacent to an activating group) is 1. The van der Waals surface area contributed by atoms with Gasteiger partial charge in [0.25, 0.3) is 0 Å². The van der Waals surface area contributed by atoms with E-state index in [1.807, 2.05) is 0 Å². The largest absolute Gasteiger partial charge is 0.374 e. The van der Waals surface area contributed by atoms with Crippen molar-refractivity contribution in [3.05, 3.63) is 29.3 Å². The zero-order valence-electron chi connectivity index (χ0n) is 11.1. The van der Waals surface area contributed by atoms with Crippen molar-refractivity contribution >= 4 is 5.69 Å². The van der Waals surface area contributed by atoms with Crippen LogP contribution < -0.4 is 10.6 Å². The lowest BCUT2D eigenvalue weighted by atomic mass is 9.87. The average Bonchev–Trinajstić information content (AvgIpc) is 2.69. The van der Waals surface area contributed by atoms with Crippen LogP contribution in [0.3, 0.4) is 0 Å². The molecule has 1 saturated carbocycles. The van der Waals surface area contributed by atoms with Crippen molar-refractivity contribution in [1.29, 1.82) is 0 Å². The second kappa shape index (κ2) is 3.26. The van der Waals surface area contributed by atoms with Crippen molar-refractivity contribution in [1.82, 2.24) is 0 Å². The van der Waals surface area contributed by atoms with E-state index in [0.717, 1.165) is 13.1 Å². The van der Waals surface area contributed by atoms with Gasteiger partial charge in [0.15, 0.2) is 0 Å². The summed E-state index contributed by atoms with van der Waals surface area (Å²) in [5, 5.41) is 0. The van der Waals surface area contributed by atoms with Gasteiger partial charge in [0.2, 0.25) is 0 Å². The first-order valence-electron chi connectivity index (χ1n) is 6.55. The van der Waals surface area contributed by atoms with Crippen LogP contribution in [0.15, 0.2) is 18.2 Å². The Balaban J connectivity index is 2.01. The maximum atomic E-state index is 6.04. The average molecular weight is 230 g/mol. The molecule has 1 heterocycles.